The Morgan fingerprint density at radius 3 is 1.15 bits per heavy atom. The van der Waals surface area contributed by atoms with Crippen LogP contribution >= 0.6 is 23.2 Å². The van der Waals surface area contributed by atoms with Crippen LogP contribution in [0.5, 0.6) is 0 Å². The van der Waals surface area contributed by atoms with Gasteiger partial charge in [0.1, 0.15) is 0 Å². The van der Waals surface area contributed by atoms with E-state index in [1.807, 2.05) is 0 Å². The molecule has 0 saturated carbocycles. The Balaban J connectivity index is 2.13. The zero-order valence-electron chi connectivity index (χ0n) is 11.5. The predicted octanol–water partition coefficient (Wildman–Crippen LogP) is 5.27. The van der Waals surface area contributed by atoms with Crippen molar-refractivity contribution in [3.63, 3.8) is 0 Å². The maximum absolute atomic E-state index is 6.98. The van der Waals surface area contributed by atoms with Gasteiger partial charge in [0.2, 0.25) is 0 Å². The molecular formula is C18H16Cl2. The second-order valence-corrected chi connectivity index (χ2v) is 7.85. The van der Waals surface area contributed by atoms with Gasteiger partial charge in [0, 0.05) is 11.8 Å². The largest absolute Gasteiger partial charge is 0.117 e. The number of halogens is 2. The van der Waals surface area contributed by atoms with Gasteiger partial charge in [-0.3, -0.25) is 0 Å². The summed E-state index contributed by atoms with van der Waals surface area (Å²) in [5, 5.41) is 0. The van der Waals surface area contributed by atoms with Gasteiger partial charge in [0.15, 0.2) is 0 Å². The number of hydrogen-bond acceptors (Lipinski definition) is 0. The molecule has 3 aliphatic carbocycles. The van der Waals surface area contributed by atoms with Gasteiger partial charge in [-0.05, 0) is 36.1 Å². The summed E-state index contributed by atoms with van der Waals surface area (Å²) in [6.45, 7) is 4.18. The van der Waals surface area contributed by atoms with Crippen LogP contribution in [0.4, 0.5) is 0 Å². The van der Waals surface area contributed by atoms with E-state index in [0.717, 1.165) is 0 Å². The fraction of sp³-hybridized carbons (Fsp3) is 0.333. The lowest BCUT2D eigenvalue weighted by molar-refractivity contribution is 0.329. The summed E-state index contributed by atoms with van der Waals surface area (Å²) in [5.74, 6) is 0.313. The topological polar surface area (TPSA) is 0 Å². The fourth-order valence-electron chi connectivity index (χ4n) is 4.14. The van der Waals surface area contributed by atoms with Gasteiger partial charge >= 0.3 is 0 Å². The number of rotatable bonds is 0. The average Bonchev–Trinajstić information content (AvgIpc) is 2.42. The van der Waals surface area contributed by atoms with Gasteiger partial charge in [0.25, 0.3) is 0 Å². The van der Waals surface area contributed by atoms with E-state index in [1.165, 1.54) is 22.3 Å². The van der Waals surface area contributed by atoms with Crippen molar-refractivity contribution in [1.29, 1.82) is 0 Å². The zero-order valence-corrected chi connectivity index (χ0v) is 13.0. The third-order valence-electron chi connectivity index (χ3n) is 5.28. The van der Waals surface area contributed by atoms with Gasteiger partial charge in [-0.25, -0.2) is 0 Å². The van der Waals surface area contributed by atoms with Crippen LogP contribution in [0.15, 0.2) is 48.5 Å². The summed E-state index contributed by atoms with van der Waals surface area (Å²) in [6.07, 6.45) is 0. The van der Waals surface area contributed by atoms with Gasteiger partial charge in [-0.2, -0.15) is 0 Å². The molecule has 2 aromatic carbocycles. The molecule has 0 aliphatic heterocycles. The molecule has 0 saturated heterocycles. The molecule has 0 radical (unpaired) electrons. The monoisotopic (exact) mass is 302 g/mol. The SMILES string of the molecule is C[C@]1(Cl)C2c3ccccc3C(c3ccccc32)[C@]1(C)Cl. The molecule has 0 aromatic heterocycles. The molecule has 2 aromatic rings. The lowest BCUT2D eigenvalue weighted by atomic mass is 9.54. The first-order valence-electron chi connectivity index (χ1n) is 7.01. The normalized spacial score (nSPS) is 37.4. The van der Waals surface area contributed by atoms with Crippen molar-refractivity contribution < 1.29 is 0 Å². The molecule has 0 N–H and O–H groups in total. The Bertz CT molecular complexity index is 593. The van der Waals surface area contributed by atoms with Crippen molar-refractivity contribution in [2.75, 3.05) is 0 Å². The minimum atomic E-state index is -0.484. The molecule has 3 aliphatic rings. The third-order valence-corrected chi connectivity index (χ3v) is 6.59. The standard InChI is InChI=1S/C18H16Cl2/c1-17(19)15-11-7-3-5-9-13(11)16(18(17,2)20)14-10-6-4-8-12(14)15/h3-10,15-16H,1-2H3/t15?,16?,17-,18-/m0/s1. The van der Waals surface area contributed by atoms with Gasteiger partial charge in [0.05, 0.1) is 9.75 Å². The van der Waals surface area contributed by atoms with Crippen LogP contribution in [0.25, 0.3) is 0 Å². The van der Waals surface area contributed by atoms with Gasteiger partial charge in [-0.1, -0.05) is 48.5 Å². The molecular weight excluding hydrogens is 287 g/mol. The summed E-state index contributed by atoms with van der Waals surface area (Å²) < 4.78 is 0. The van der Waals surface area contributed by atoms with Crippen LogP contribution in [0, 0.1) is 0 Å². The molecule has 0 amide bonds. The lowest BCUT2D eigenvalue weighted by Crippen LogP contribution is -2.57. The summed E-state index contributed by atoms with van der Waals surface area (Å²) in [5.41, 5.74) is 5.36. The Morgan fingerprint density at radius 2 is 0.900 bits per heavy atom. The smallest absolute Gasteiger partial charge is 0.0725 e. The van der Waals surface area contributed by atoms with E-state index in [9.17, 15) is 0 Å². The summed E-state index contributed by atoms with van der Waals surface area (Å²) in [6, 6.07) is 17.2. The van der Waals surface area contributed by atoms with E-state index in [4.69, 9.17) is 23.2 Å². The highest BCUT2D eigenvalue weighted by molar-refractivity contribution is 6.36. The van der Waals surface area contributed by atoms with Crippen LogP contribution in [0.3, 0.4) is 0 Å². The first-order valence-corrected chi connectivity index (χ1v) is 7.77. The molecule has 2 heteroatoms. The second kappa shape index (κ2) is 3.81. The van der Waals surface area contributed by atoms with Crippen LogP contribution < -0.4 is 0 Å². The third kappa shape index (κ3) is 1.30. The van der Waals surface area contributed by atoms with E-state index in [2.05, 4.69) is 62.4 Å². The van der Waals surface area contributed by atoms with Crippen molar-refractivity contribution in [3.8, 4) is 0 Å². The van der Waals surface area contributed by atoms with Crippen molar-refractivity contribution in [3.05, 3.63) is 70.8 Å². The first-order chi connectivity index (χ1) is 9.46. The molecule has 20 heavy (non-hydrogen) atoms. The van der Waals surface area contributed by atoms with Crippen LogP contribution in [0.1, 0.15) is 47.9 Å². The minimum absolute atomic E-state index is 0.157. The summed E-state index contributed by atoms with van der Waals surface area (Å²) in [4.78, 5) is -0.968. The average molecular weight is 303 g/mol. The van der Waals surface area contributed by atoms with Gasteiger partial charge < -0.3 is 0 Å². The maximum Gasteiger partial charge on any atom is 0.0725 e. The Kier molecular flexibility index (Phi) is 2.43. The summed E-state index contributed by atoms with van der Waals surface area (Å²) in [7, 11) is 0. The lowest BCUT2D eigenvalue weighted by Gasteiger charge is -2.57. The van der Waals surface area contributed by atoms with E-state index in [0.29, 0.717) is 0 Å². The molecule has 0 heterocycles. The van der Waals surface area contributed by atoms with Crippen molar-refractivity contribution in [2.24, 2.45) is 0 Å². The van der Waals surface area contributed by atoms with Crippen LogP contribution in [-0.2, 0) is 0 Å². The molecule has 0 unspecified atom stereocenters. The summed E-state index contributed by atoms with van der Waals surface area (Å²) >= 11 is 14.0. The van der Waals surface area contributed by atoms with Crippen molar-refractivity contribution in [2.45, 2.75) is 35.4 Å². The number of fused-ring (bicyclic) bond motifs is 1. The highest BCUT2D eigenvalue weighted by atomic mass is 35.5. The fourth-order valence-corrected chi connectivity index (χ4v) is 4.83. The van der Waals surface area contributed by atoms with Crippen LogP contribution in [0.2, 0.25) is 0 Å². The molecule has 0 spiro atoms. The van der Waals surface area contributed by atoms with E-state index in [1.54, 1.807) is 0 Å². The molecule has 102 valence electrons. The highest BCUT2D eigenvalue weighted by Gasteiger charge is 2.61. The van der Waals surface area contributed by atoms with E-state index >= 15 is 0 Å². The molecule has 2 atom stereocenters. The number of hydrogen-bond donors (Lipinski definition) is 0. The Morgan fingerprint density at radius 1 is 0.650 bits per heavy atom. The molecule has 5 rings (SSSR count). The molecule has 0 fully saturated rings. The van der Waals surface area contributed by atoms with E-state index in [-0.39, 0.29) is 11.8 Å². The Labute approximate surface area is 129 Å². The van der Waals surface area contributed by atoms with Crippen molar-refractivity contribution in [1.82, 2.24) is 0 Å². The predicted molar refractivity (Wildman–Crippen MR) is 85.1 cm³/mol. The zero-order chi connectivity index (χ0) is 14.1. The quantitative estimate of drug-likeness (QED) is 0.581. The molecule has 0 nitrogen and oxygen atoms in total. The highest BCUT2D eigenvalue weighted by Crippen LogP contribution is 2.66. The second-order valence-electron chi connectivity index (χ2n) is 6.28. The number of benzene rings is 2. The van der Waals surface area contributed by atoms with E-state index < -0.39 is 9.75 Å². The maximum atomic E-state index is 6.98. The minimum Gasteiger partial charge on any atom is -0.117 e. The Hall–Kier alpha value is -0.980. The van der Waals surface area contributed by atoms with Crippen molar-refractivity contribution >= 4 is 23.2 Å². The molecule has 2 bridgehead atoms. The number of alkyl halides is 2. The first kappa shape index (κ1) is 12.7. The van der Waals surface area contributed by atoms with Gasteiger partial charge in [-0.15, -0.1) is 23.2 Å². The van der Waals surface area contributed by atoms with Crippen LogP contribution in [-0.4, -0.2) is 9.75 Å².